The maximum atomic E-state index is 5.52. The number of hydrogen-bond donors (Lipinski definition) is 1. The molecule has 0 aliphatic heterocycles. The SMILES string of the molecule is c1csc(CNCCOCC2CC2)c1. The zero-order chi connectivity index (χ0) is 9.64. The molecule has 1 fully saturated rings. The molecule has 0 saturated heterocycles. The van der Waals surface area contributed by atoms with Crippen LogP contribution in [-0.2, 0) is 11.3 Å². The molecule has 1 heterocycles. The van der Waals surface area contributed by atoms with Crippen LogP contribution in [-0.4, -0.2) is 19.8 Å². The van der Waals surface area contributed by atoms with Crippen LogP contribution in [0.4, 0.5) is 0 Å². The Bertz CT molecular complexity index is 244. The maximum Gasteiger partial charge on any atom is 0.0591 e. The molecule has 1 aromatic heterocycles. The highest BCUT2D eigenvalue weighted by Gasteiger charge is 2.20. The Morgan fingerprint density at radius 1 is 1.50 bits per heavy atom. The van der Waals surface area contributed by atoms with Gasteiger partial charge in [-0.1, -0.05) is 6.07 Å². The van der Waals surface area contributed by atoms with E-state index in [2.05, 4.69) is 22.8 Å². The van der Waals surface area contributed by atoms with Crippen molar-refractivity contribution in [1.82, 2.24) is 5.32 Å². The first kappa shape index (κ1) is 10.1. The van der Waals surface area contributed by atoms with Gasteiger partial charge in [0, 0.05) is 24.6 Å². The van der Waals surface area contributed by atoms with E-state index in [4.69, 9.17) is 4.74 Å². The van der Waals surface area contributed by atoms with Crippen LogP contribution in [0.15, 0.2) is 17.5 Å². The van der Waals surface area contributed by atoms with E-state index in [9.17, 15) is 0 Å². The van der Waals surface area contributed by atoms with Crippen molar-refractivity contribution in [2.75, 3.05) is 19.8 Å². The number of ether oxygens (including phenoxy) is 1. The third-order valence-corrected chi connectivity index (χ3v) is 3.23. The number of hydrogen-bond acceptors (Lipinski definition) is 3. The molecule has 1 aliphatic rings. The Hall–Kier alpha value is -0.380. The van der Waals surface area contributed by atoms with Gasteiger partial charge < -0.3 is 10.1 Å². The summed E-state index contributed by atoms with van der Waals surface area (Å²) in [6, 6.07) is 4.24. The Morgan fingerprint density at radius 2 is 2.43 bits per heavy atom. The van der Waals surface area contributed by atoms with E-state index in [0.717, 1.165) is 32.2 Å². The van der Waals surface area contributed by atoms with E-state index in [1.165, 1.54) is 17.7 Å². The molecule has 3 heteroatoms. The molecule has 1 aliphatic carbocycles. The van der Waals surface area contributed by atoms with Crippen LogP contribution in [0.2, 0.25) is 0 Å². The molecule has 1 aromatic rings. The fraction of sp³-hybridized carbons (Fsp3) is 0.636. The summed E-state index contributed by atoms with van der Waals surface area (Å²) in [5.41, 5.74) is 0. The predicted molar refractivity (Wildman–Crippen MR) is 59.6 cm³/mol. The fourth-order valence-corrected chi connectivity index (χ4v) is 1.98. The van der Waals surface area contributed by atoms with Gasteiger partial charge in [0.15, 0.2) is 0 Å². The van der Waals surface area contributed by atoms with Gasteiger partial charge in [-0.15, -0.1) is 11.3 Å². The normalized spacial score (nSPS) is 16.0. The number of thiophene rings is 1. The molecule has 1 N–H and O–H groups in total. The summed E-state index contributed by atoms with van der Waals surface area (Å²) in [6.07, 6.45) is 2.76. The zero-order valence-electron chi connectivity index (χ0n) is 8.37. The monoisotopic (exact) mass is 211 g/mol. The van der Waals surface area contributed by atoms with Crippen LogP contribution in [0.3, 0.4) is 0 Å². The quantitative estimate of drug-likeness (QED) is 0.699. The average molecular weight is 211 g/mol. The first-order valence-corrected chi connectivity index (χ1v) is 6.14. The minimum absolute atomic E-state index is 0.849. The summed E-state index contributed by atoms with van der Waals surface area (Å²) in [7, 11) is 0. The lowest BCUT2D eigenvalue weighted by atomic mass is 10.4. The fourth-order valence-electron chi connectivity index (χ4n) is 1.30. The van der Waals surface area contributed by atoms with Gasteiger partial charge in [0.2, 0.25) is 0 Å². The van der Waals surface area contributed by atoms with Gasteiger partial charge in [0.25, 0.3) is 0 Å². The molecule has 0 aromatic carbocycles. The molecule has 0 bridgehead atoms. The Morgan fingerprint density at radius 3 is 3.14 bits per heavy atom. The maximum absolute atomic E-state index is 5.52. The van der Waals surface area contributed by atoms with Gasteiger partial charge in [-0.25, -0.2) is 0 Å². The van der Waals surface area contributed by atoms with Crippen LogP contribution < -0.4 is 5.32 Å². The van der Waals surface area contributed by atoms with Crippen LogP contribution in [0, 0.1) is 5.92 Å². The topological polar surface area (TPSA) is 21.3 Å². The van der Waals surface area contributed by atoms with Crippen molar-refractivity contribution >= 4 is 11.3 Å². The molecule has 0 unspecified atom stereocenters. The second kappa shape index (κ2) is 5.49. The summed E-state index contributed by atoms with van der Waals surface area (Å²) < 4.78 is 5.52. The van der Waals surface area contributed by atoms with Crippen molar-refractivity contribution < 1.29 is 4.74 Å². The molecule has 0 spiro atoms. The van der Waals surface area contributed by atoms with Crippen LogP contribution in [0.25, 0.3) is 0 Å². The van der Waals surface area contributed by atoms with Gasteiger partial charge in [-0.2, -0.15) is 0 Å². The molecule has 0 radical (unpaired) electrons. The van der Waals surface area contributed by atoms with E-state index in [1.54, 1.807) is 11.3 Å². The summed E-state index contributed by atoms with van der Waals surface area (Å²) in [4.78, 5) is 1.40. The van der Waals surface area contributed by atoms with E-state index >= 15 is 0 Å². The minimum Gasteiger partial charge on any atom is -0.380 e. The Labute approximate surface area is 89.3 Å². The smallest absolute Gasteiger partial charge is 0.0591 e. The molecule has 2 rings (SSSR count). The van der Waals surface area contributed by atoms with Gasteiger partial charge in [-0.05, 0) is 30.2 Å². The Kier molecular flexibility index (Phi) is 3.98. The third-order valence-electron chi connectivity index (χ3n) is 2.35. The van der Waals surface area contributed by atoms with E-state index in [-0.39, 0.29) is 0 Å². The van der Waals surface area contributed by atoms with E-state index < -0.39 is 0 Å². The van der Waals surface area contributed by atoms with Crippen molar-refractivity contribution in [3.05, 3.63) is 22.4 Å². The lowest BCUT2D eigenvalue weighted by Gasteiger charge is -2.04. The first-order chi connectivity index (χ1) is 6.95. The average Bonchev–Trinajstić information content (AvgIpc) is 2.87. The summed E-state index contributed by atoms with van der Waals surface area (Å²) >= 11 is 1.80. The molecule has 14 heavy (non-hydrogen) atoms. The molecular weight excluding hydrogens is 194 g/mol. The number of rotatable bonds is 7. The first-order valence-electron chi connectivity index (χ1n) is 5.26. The van der Waals surface area contributed by atoms with Gasteiger partial charge >= 0.3 is 0 Å². The predicted octanol–water partition coefficient (Wildman–Crippen LogP) is 2.26. The molecule has 2 nitrogen and oxygen atoms in total. The van der Waals surface area contributed by atoms with Crippen molar-refractivity contribution in [3.8, 4) is 0 Å². The molecule has 0 amide bonds. The van der Waals surface area contributed by atoms with Gasteiger partial charge in [0.05, 0.1) is 6.61 Å². The molecular formula is C11H17NOS. The Balaban J connectivity index is 1.43. The van der Waals surface area contributed by atoms with Crippen molar-refractivity contribution in [3.63, 3.8) is 0 Å². The van der Waals surface area contributed by atoms with Crippen LogP contribution in [0.1, 0.15) is 17.7 Å². The van der Waals surface area contributed by atoms with Crippen molar-refractivity contribution in [2.45, 2.75) is 19.4 Å². The minimum atomic E-state index is 0.849. The summed E-state index contributed by atoms with van der Waals surface area (Å²) in [6.45, 7) is 3.76. The molecule has 1 saturated carbocycles. The van der Waals surface area contributed by atoms with Crippen LogP contribution >= 0.6 is 11.3 Å². The highest BCUT2D eigenvalue weighted by Crippen LogP contribution is 2.28. The zero-order valence-corrected chi connectivity index (χ0v) is 9.19. The number of nitrogens with one attached hydrogen (secondary N) is 1. The largest absolute Gasteiger partial charge is 0.380 e. The summed E-state index contributed by atoms with van der Waals surface area (Å²) in [5.74, 6) is 0.882. The molecule has 0 atom stereocenters. The molecule has 78 valence electrons. The summed E-state index contributed by atoms with van der Waals surface area (Å²) in [5, 5.41) is 5.48. The van der Waals surface area contributed by atoms with Crippen LogP contribution in [0.5, 0.6) is 0 Å². The lowest BCUT2D eigenvalue weighted by molar-refractivity contribution is 0.126. The van der Waals surface area contributed by atoms with Gasteiger partial charge in [0.1, 0.15) is 0 Å². The third kappa shape index (κ3) is 3.78. The van der Waals surface area contributed by atoms with E-state index in [1.807, 2.05) is 0 Å². The standard InChI is InChI=1S/C11H17NOS/c1-2-11(14-7-1)8-12-5-6-13-9-10-3-4-10/h1-2,7,10,12H,3-6,8-9H2. The second-order valence-corrected chi connectivity index (χ2v) is 4.81. The second-order valence-electron chi connectivity index (χ2n) is 3.77. The van der Waals surface area contributed by atoms with Crippen molar-refractivity contribution in [2.24, 2.45) is 5.92 Å². The highest BCUT2D eigenvalue weighted by atomic mass is 32.1. The van der Waals surface area contributed by atoms with Gasteiger partial charge in [-0.3, -0.25) is 0 Å². The van der Waals surface area contributed by atoms with Crippen molar-refractivity contribution in [1.29, 1.82) is 0 Å². The van der Waals surface area contributed by atoms with E-state index in [0.29, 0.717) is 0 Å². The highest BCUT2D eigenvalue weighted by molar-refractivity contribution is 7.09. The lowest BCUT2D eigenvalue weighted by Crippen LogP contribution is -2.19.